The highest BCUT2D eigenvalue weighted by molar-refractivity contribution is 5.85. The van der Waals surface area contributed by atoms with Crippen LogP contribution < -0.4 is 11.1 Å². The number of nitrogens with one attached hydrogen (secondary N) is 1. The Labute approximate surface area is 134 Å². The van der Waals surface area contributed by atoms with Crippen LogP contribution >= 0.6 is 12.4 Å². The third-order valence-corrected chi connectivity index (χ3v) is 4.17. The van der Waals surface area contributed by atoms with E-state index >= 15 is 0 Å². The highest BCUT2D eigenvalue weighted by Crippen LogP contribution is 2.29. The van der Waals surface area contributed by atoms with Gasteiger partial charge in [-0.3, -0.25) is 4.79 Å². The van der Waals surface area contributed by atoms with Crippen LogP contribution in [0, 0.1) is 5.92 Å². The zero-order chi connectivity index (χ0) is 14.4. The predicted molar refractivity (Wildman–Crippen MR) is 89.5 cm³/mol. The number of rotatable bonds is 6. The van der Waals surface area contributed by atoms with Gasteiger partial charge in [0, 0.05) is 18.5 Å². The van der Waals surface area contributed by atoms with Crippen molar-refractivity contribution >= 4 is 18.3 Å². The minimum atomic E-state index is 0. The molecule has 3 unspecified atom stereocenters. The standard InChI is InChI=1S/C17H26N2O.ClH/c1-13(18)10-11-17(20)19-16-9-5-8-15(16)12-14-6-3-2-4-7-14;/h2-4,6-7,13,15-16H,5,8-12,18H2,1H3,(H,19,20);1H. The molecule has 1 aromatic rings. The summed E-state index contributed by atoms with van der Waals surface area (Å²) in [4.78, 5) is 11.9. The van der Waals surface area contributed by atoms with Crippen molar-refractivity contribution in [1.29, 1.82) is 0 Å². The first kappa shape index (κ1) is 18.0. The first-order valence-corrected chi connectivity index (χ1v) is 7.74. The highest BCUT2D eigenvalue weighted by Gasteiger charge is 2.28. The van der Waals surface area contributed by atoms with E-state index in [1.54, 1.807) is 0 Å². The molecule has 21 heavy (non-hydrogen) atoms. The van der Waals surface area contributed by atoms with Gasteiger partial charge in [0.2, 0.25) is 5.91 Å². The lowest BCUT2D eigenvalue weighted by Gasteiger charge is -2.21. The molecule has 1 saturated carbocycles. The molecule has 4 heteroatoms. The van der Waals surface area contributed by atoms with Gasteiger partial charge in [-0.1, -0.05) is 36.8 Å². The van der Waals surface area contributed by atoms with Crippen molar-refractivity contribution in [3.63, 3.8) is 0 Å². The molecule has 1 aliphatic carbocycles. The maximum atomic E-state index is 11.9. The van der Waals surface area contributed by atoms with Gasteiger partial charge in [-0.05, 0) is 44.1 Å². The fourth-order valence-electron chi connectivity index (χ4n) is 3.03. The second-order valence-electron chi connectivity index (χ2n) is 6.07. The van der Waals surface area contributed by atoms with Crippen LogP contribution in [0.4, 0.5) is 0 Å². The highest BCUT2D eigenvalue weighted by atomic mass is 35.5. The Morgan fingerprint density at radius 1 is 1.33 bits per heavy atom. The molecule has 3 nitrogen and oxygen atoms in total. The smallest absolute Gasteiger partial charge is 0.220 e. The third-order valence-electron chi connectivity index (χ3n) is 4.17. The number of amides is 1. The van der Waals surface area contributed by atoms with Gasteiger partial charge in [-0.25, -0.2) is 0 Å². The first-order valence-electron chi connectivity index (χ1n) is 7.74. The molecule has 0 radical (unpaired) electrons. The summed E-state index contributed by atoms with van der Waals surface area (Å²) in [5.41, 5.74) is 7.07. The molecule has 3 atom stereocenters. The lowest BCUT2D eigenvalue weighted by molar-refractivity contribution is -0.122. The van der Waals surface area contributed by atoms with E-state index in [-0.39, 0.29) is 24.4 Å². The van der Waals surface area contributed by atoms with Gasteiger partial charge in [0.15, 0.2) is 0 Å². The monoisotopic (exact) mass is 310 g/mol. The van der Waals surface area contributed by atoms with Crippen molar-refractivity contribution in [2.24, 2.45) is 11.7 Å². The van der Waals surface area contributed by atoms with Gasteiger partial charge in [-0.2, -0.15) is 0 Å². The second-order valence-corrected chi connectivity index (χ2v) is 6.07. The van der Waals surface area contributed by atoms with Crippen LogP contribution in [0.2, 0.25) is 0 Å². The summed E-state index contributed by atoms with van der Waals surface area (Å²) >= 11 is 0. The molecule has 0 spiro atoms. The fraction of sp³-hybridized carbons (Fsp3) is 0.588. The minimum Gasteiger partial charge on any atom is -0.353 e. The van der Waals surface area contributed by atoms with E-state index in [1.165, 1.54) is 18.4 Å². The molecular weight excluding hydrogens is 284 g/mol. The molecule has 118 valence electrons. The summed E-state index contributed by atoms with van der Waals surface area (Å²) in [6.07, 6.45) is 5.93. The number of hydrogen-bond donors (Lipinski definition) is 2. The van der Waals surface area contributed by atoms with Gasteiger partial charge < -0.3 is 11.1 Å². The second kappa shape index (κ2) is 9.06. The Hall–Kier alpha value is -1.06. The van der Waals surface area contributed by atoms with Crippen molar-refractivity contribution in [3.05, 3.63) is 35.9 Å². The van der Waals surface area contributed by atoms with E-state index in [0.29, 0.717) is 18.4 Å². The Morgan fingerprint density at radius 3 is 2.71 bits per heavy atom. The molecular formula is C17H27ClN2O. The lowest BCUT2D eigenvalue weighted by Crippen LogP contribution is -2.38. The largest absolute Gasteiger partial charge is 0.353 e. The maximum absolute atomic E-state index is 11.9. The number of hydrogen-bond acceptors (Lipinski definition) is 2. The molecule has 1 fully saturated rings. The van der Waals surface area contributed by atoms with Gasteiger partial charge in [-0.15, -0.1) is 12.4 Å². The molecule has 0 saturated heterocycles. The first-order chi connectivity index (χ1) is 9.65. The molecule has 0 heterocycles. The van der Waals surface area contributed by atoms with Gasteiger partial charge in [0.25, 0.3) is 0 Å². The van der Waals surface area contributed by atoms with E-state index in [1.807, 2.05) is 13.0 Å². The normalized spacial score (nSPS) is 22.4. The molecule has 1 aliphatic rings. The van der Waals surface area contributed by atoms with Crippen molar-refractivity contribution in [3.8, 4) is 0 Å². The van der Waals surface area contributed by atoms with E-state index < -0.39 is 0 Å². The van der Waals surface area contributed by atoms with Gasteiger partial charge in [0.05, 0.1) is 0 Å². The zero-order valence-corrected chi connectivity index (χ0v) is 13.6. The molecule has 0 aromatic heterocycles. The molecule has 1 aromatic carbocycles. The van der Waals surface area contributed by atoms with E-state index in [0.717, 1.165) is 19.3 Å². The lowest BCUT2D eigenvalue weighted by atomic mass is 9.94. The van der Waals surface area contributed by atoms with Crippen LogP contribution in [-0.4, -0.2) is 18.0 Å². The van der Waals surface area contributed by atoms with Crippen molar-refractivity contribution in [2.75, 3.05) is 0 Å². The SMILES string of the molecule is CC(N)CCC(=O)NC1CCCC1Cc1ccccc1.Cl. The third kappa shape index (κ3) is 6.06. The van der Waals surface area contributed by atoms with Crippen LogP contribution in [0.3, 0.4) is 0 Å². The quantitative estimate of drug-likeness (QED) is 0.848. The molecule has 3 N–H and O–H groups in total. The van der Waals surface area contributed by atoms with Gasteiger partial charge >= 0.3 is 0 Å². The number of halogens is 1. The summed E-state index contributed by atoms with van der Waals surface area (Å²) in [6, 6.07) is 11.0. The number of nitrogens with two attached hydrogens (primary N) is 1. The van der Waals surface area contributed by atoms with Crippen LogP contribution in [0.5, 0.6) is 0 Å². The van der Waals surface area contributed by atoms with Crippen molar-refractivity contribution in [1.82, 2.24) is 5.32 Å². The summed E-state index contributed by atoms with van der Waals surface area (Å²) in [5.74, 6) is 0.740. The van der Waals surface area contributed by atoms with Crippen LogP contribution in [0.25, 0.3) is 0 Å². The number of carbonyl (C=O) groups is 1. The number of benzene rings is 1. The average Bonchev–Trinajstić information content (AvgIpc) is 2.85. The molecule has 0 bridgehead atoms. The van der Waals surface area contributed by atoms with E-state index in [9.17, 15) is 4.79 Å². The van der Waals surface area contributed by atoms with Crippen LogP contribution in [0.15, 0.2) is 30.3 Å². The van der Waals surface area contributed by atoms with Crippen LogP contribution in [0.1, 0.15) is 44.6 Å². The molecule has 2 rings (SSSR count). The minimum absolute atomic E-state index is 0. The summed E-state index contributed by atoms with van der Waals surface area (Å²) in [6.45, 7) is 1.95. The van der Waals surface area contributed by atoms with Crippen LogP contribution in [-0.2, 0) is 11.2 Å². The van der Waals surface area contributed by atoms with Gasteiger partial charge in [0.1, 0.15) is 0 Å². The predicted octanol–water partition coefficient (Wildman–Crippen LogP) is 3.06. The average molecular weight is 311 g/mol. The Bertz CT molecular complexity index is 422. The topological polar surface area (TPSA) is 55.1 Å². The zero-order valence-electron chi connectivity index (χ0n) is 12.8. The summed E-state index contributed by atoms with van der Waals surface area (Å²) in [5, 5.41) is 3.21. The fourth-order valence-corrected chi connectivity index (χ4v) is 3.03. The molecule has 1 amide bonds. The summed E-state index contributed by atoms with van der Waals surface area (Å²) in [7, 11) is 0. The van der Waals surface area contributed by atoms with E-state index in [2.05, 4.69) is 29.6 Å². The Balaban J connectivity index is 0.00000220. The van der Waals surface area contributed by atoms with E-state index in [4.69, 9.17) is 5.73 Å². The Kier molecular flexibility index (Phi) is 7.76. The Morgan fingerprint density at radius 2 is 2.05 bits per heavy atom. The van der Waals surface area contributed by atoms with Crippen molar-refractivity contribution in [2.45, 2.75) is 57.5 Å². The summed E-state index contributed by atoms with van der Waals surface area (Å²) < 4.78 is 0. The molecule has 0 aliphatic heterocycles. The van der Waals surface area contributed by atoms with Crippen molar-refractivity contribution < 1.29 is 4.79 Å². The maximum Gasteiger partial charge on any atom is 0.220 e. The number of carbonyl (C=O) groups excluding carboxylic acids is 1.